The first kappa shape index (κ1) is 22.1. The molecule has 1 aromatic carbocycles. The summed E-state index contributed by atoms with van der Waals surface area (Å²) in [6.45, 7) is 4.79. The maximum atomic E-state index is 12.5. The molecule has 2 atom stereocenters. The molecule has 0 spiro atoms. The van der Waals surface area contributed by atoms with Gasteiger partial charge in [0.2, 0.25) is 0 Å². The van der Waals surface area contributed by atoms with Crippen LogP contribution in [0.15, 0.2) is 29.3 Å². The fourth-order valence-electron chi connectivity index (χ4n) is 3.05. The van der Waals surface area contributed by atoms with Crippen LogP contribution in [0.5, 0.6) is 11.5 Å². The molecule has 0 aromatic heterocycles. The Morgan fingerprint density at radius 3 is 2.68 bits per heavy atom. The minimum absolute atomic E-state index is 0.0643. The molecule has 1 fully saturated rings. The largest absolute Gasteiger partial charge is 0.493 e. The Balaban J connectivity index is 1.88. The number of guanidine groups is 1. The van der Waals surface area contributed by atoms with E-state index in [0.717, 1.165) is 0 Å². The van der Waals surface area contributed by atoms with E-state index in [4.69, 9.17) is 9.47 Å². The van der Waals surface area contributed by atoms with E-state index < -0.39 is 12.7 Å². The number of para-hydroxylation sites is 2. The molecule has 1 aromatic rings. The monoisotopic (exact) mass is 402 g/mol. The zero-order valence-electron chi connectivity index (χ0n) is 16.6. The van der Waals surface area contributed by atoms with Crippen molar-refractivity contribution < 1.29 is 22.6 Å². The quantitative estimate of drug-likeness (QED) is 0.517. The summed E-state index contributed by atoms with van der Waals surface area (Å²) in [7, 11) is 1.59. The van der Waals surface area contributed by atoms with Crippen LogP contribution in [0.1, 0.15) is 20.3 Å². The number of halogens is 3. The lowest BCUT2D eigenvalue weighted by molar-refractivity contribution is -0.143. The molecule has 1 aliphatic heterocycles. The summed E-state index contributed by atoms with van der Waals surface area (Å²) in [4.78, 5) is 5.93. The summed E-state index contributed by atoms with van der Waals surface area (Å²) in [5, 5.41) is 6.36. The topological polar surface area (TPSA) is 58.1 Å². The molecule has 0 aliphatic carbocycles. The number of alkyl halides is 3. The molecule has 9 heteroatoms. The molecule has 2 unspecified atom stereocenters. The summed E-state index contributed by atoms with van der Waals surface area (Å²) in [6.07, 6.45) is -3.72. The first-order chi connectivity index (χ1) is 13.3. The van der Waals surface area contributed by atoms with E-state index in [1.165, 1.54) is 4.90 Å². The van der Waals surface area contributed by atoms with Crippen molar-refractivity contribution >= 4 is 5.96 Å². The summed E-state index contributed by atoms with van der Waals surface area (Å²) < 4.78 is 48.8. The molecule has 28 heavy (non-hydrogen) atoms. The predicted molar refractivity (Wildman–Crippen MR) is 103 cm³/mol. The third-order valence-corrected chi connectivity index (χ3v) is 4.26. The maximum absolute atomic E-state index is 12.5. The number of ether oxygens (including phenoxy) is 2. The smallest absolute Gasteiger partial charge is 0.401 e. The Labute approximate surface area is 164 Å². The van der Waals surface area contributed by atoms with Gasteiger partial charge in [0.25, 0.3) is 0 Å². The van der Waals surface area contributed by atoms with Crippen LogP contribution in [0.3, 0.4) is 0 Å². The fourth-order valence-corrected chi connectivity index (χ4v) is 3.05. The van der Waals surface area contributed by atoms with Crippen molar-refractivity contribution in [3.63, 3.8) is 0 Å². The van der Waals surface area contributed by atoms with E-state index in [1.807, 2.05) is 38.1 Å². The van der Waals surface area contributed by atoms with Crippen molar-refractivity contribution in [1.82, 2.24) is 15.5 Å². The van der Waals surface area contributed by atoms with Crippen molar-refractivity contribution in [3.05, 3.63) is 24.3 Å². The third-order valence-electron chi connectivity index (χ3n) is 4.26. The first-order valence-corrected chi connectivity index (χ1v) is 9.44. The van der Waals surface area contributed by atoms with Crippen molar-refractivity contribution in [2.75, 3.05) is 39.8 Å². The zero-order valence-corrected chi connectivity index (χ0v) is 16.6. The van der Waals surface area contributed by atoms with Gasteiger partial charge in [-0.25, -0.2) is 4.99 Å². The van der Waals surface area contributed by atoms with Gasteiger partial charge in [-0.05, 0) is 32.4 Å². The van der Waals surface area contributed by atoms with Gasteiger partial charge in [-0.1, -0.05) is 12.1 Å². The lowest BCUT2D eigenvalue weighted by Crippen LogP contribution is -2.45. The SMILES string of the molecule is CCNC(=NCC(C)Oc1ccccc1OC)NC1CCN(CC(F)(F)F)C1. The minimum atomic E-state index is -4.17. The Morgan fingerprint density at radius 2 is 2.04 bits per heavy atom. The van der Waals surface area contributed by atoms with Crippen LogP contribution in [0.4, 0.5) is 13.2 Å². The van der Waals surface area contributed by atoms with Crippen molar-refractivity contribution in [2.45, 2.75) is 38.6 Å². The number of methoxy groups -OCH3 is 1. The van der Waals surface area contributed by atoms with Gasteiger partial charge in [0, 0.05) is 25.7 Å². The second-order valence-electron chi connectivity index (χ2n) is 6.78. The Bertz CT molecular complexity index is 640. The Morgan fingerprint density at radius 1 is 1.32 bits per heavy atom. The van der Waals surface area contributed by atoms with Gasteiger partial charge >= 0.3 is 6.18 Å². The molecular formula is C19H29F3N4O2. The fraction of sp³-hybridized carbons (Fsp3) is 0.632. The first-order valence-electron chi connectivity index (χ1n) is 9.44. The average molecular weight is 402 g/mol. The van der Waals surface area contributed by atoms with Gasteiger partial charge in [-0.3, -0.25) is 4.90 Å². The van der Waals surface area contributed by atoms with Crippen molar-refractivity contribution in [2.24, 2.45) is 4.99 Å². The van der Waals surface area contributed by atoms with E-state index in [9.17, 15) is 13.2 Å². The van der Waals surface area contributed by atoms with E-state index in [2.05, 4.69) is 15.6 Å². The summed E-state index contributed by atoms with van der Waals surface area (Å²) >= 11 is 0. The number of likely N-dealkylation sites (tertiary alicyclic amines) is 1. The Hall–Kier alpha value is -2.16. The number of hydrogen-bond donors (Lipinski definition) is 2. The van der Waals surface area contributed by atoms with Gasteiger partial charge in [0.05, 0.1) is 20.2 Å². The number of hydrogen-bond acceptors (Lipinski definition) is 4. The molecule has 0 saturated carbocycles. The number of aliphatic imine (C=N–C) groups is 1. The third kappa shape index (κ3) is 7.46. The average Bonchev–Trinajstić information content (AvgIpc) is 3.05. The van der Waals surface area contributed by atoms with Crippen LogP contribution >= 0.6 is 0 Å². The lowest BCUT2D eigenvalue weighted by Gasteiger charge is -2.20. The molecule has 6 nitrogen and oxygen atoms in total. The lowest BCUT2D eigenvalue weighted by atomic mass is 10.3. The highest BCUT2D eigenvalue weighted by atomic mass is 19.4. The molecule has 1 saturated heterocycles. The van der Waals surface area contributed by atoms with Gasteiger partial charge in [-0.15, -0.1) is 0 Å². The summed E-state index contributed by atoms with van der Waals surface area (Å²) in [5.41, 5.74) is 0. The molecule has 158 valence electrons. The summed E-state index contributed by atoms with van der Waals surface area (Å²) in [6, 6.07) is 7.32. The van der Waals surface area contributed by atoms with Crippen LogP contribution in [0.25, 0.3) is 0 Å². The van der Waals surface area contributed by atoms with E-state index >= 15 is 0 Å². The number of nitrogens with zero attached hydrogens (tertiary/aromatic N) is 2. The highest BCUT2D eigenvalue weighted by Crippen LogP contribution is 2.26. The molecular weight excluding hydrogens is 373 g/mol. The predicted octanol–water partition coefficient (Wildman–Crippen LogP) is 2.65. The van der Waals surface area contributed by atoms with Gasteiger partial charge < -0.3 is 20.1 Å². The van der Waals surface area contributed by atoms with E-state index in [1.54, 1.807) is 7.11 Å². The molecule has 2 rings (SSSR count). The molecule has 0 radical (unpaired) electrons. The maximum Gasteiger partial charge on any atom is 0.401 e. The molecule has 0 amide bonds. The standard InChI is InChI=1S/C19H29F3N4O2/c1-4-23-18(25-15-9-10-26(12-15)13-19(20,21)22)24-11-14(2)28-17-8-6-5-7-16(17)27-3/h5-8,14-15H,4,9-13H2,1-3H3,(H2,23,24,25). The molecule has 2 N–H and O–H groups in total. The Kier molecular flexibility index (Phi) is 8.22. The van der Waals surface area contributed by atoms with E-state index in [-0.39, 0.29) is 12.1 Å². The minimum Gasteiger partial charge on any atom is -0.493 e. The molecule has 0 bridgehead atoms. The second kappa shape index (κ2) is 10.4. The summed E-state index contributed by atoms with van der Waals surface area (Å²) in [5.74, 6) is 1.88. The normalized spacial score (nSPS) is 19.4. The van der Waals surface area contributed by atoms with Crippen molar-refractivity contribution in [1.29, 1.82) is 0 Å². The van der Waals surface area contributed by atoms with E-state index in [0.29, 0.717) is 50.1 Å². The number of rotatable bonds is 8. The van der Waals surface area contributed by atoms with Crippen LogP contribution in [-0.2, 0) is 0 Å². The molecule has 1 aliphatic rings. The van der Waals surface area contributed by atoms with Gasteiger partial charge in [0.15, 0.2) is 17.5 Å². The molecule has 1 heterocycles. The number of benzene rings is 1. The van der Waals surface area contributed by atoms with Crippen LogP contribution in [0.2, 0.25) is 0 Å². The van der Waals surface area contributed by atoms with Gasteiger partial charge in [-0.2, -0.15) is 13.2 Å². The highest BCUT2D eigenvalue weighted by Gasteiger charge is 2.34. The van der Waals surface area contributed by atoms with Crippen molar-refractivity contribution in [3.8, 4) is 11.5 Å². The van der Waals surface area contributed by atoms with Crippen LogP contribution < -0.4 is 20.1 Å². The zero-order chi connectivity index (χ0) is 20.6. The second-order valence-corrected chi connectivity index (χ2v) is 6.78. The van der Waals surface area contributed by atoms with Crippen LogP contribution in [-0.4, -0.2) is 69.0 Å². The highest BCUT2D eigenvalue weighted by molar-refractivity contribution is 5.80. The number of nitrogens with one attached hydrogen (secondary N) is 2. The van der Waals surface area contributed by atoms with Gasteiger partial charge in [0.1, 0.15) is 6.10 Å². The van der Waals surface area contributed by atoms with Crippen LogP contribution in [0, 0.1) is 0 Å².